The Kier molecular flexibility index (Phi) is 3.80. The highest BCUT2D eigenvalue weighted by molar-refractivity contribution is 8.14. The Morgan fingerprint density at radius 2 is 2.41 bits per heavy atom. The summed E-state index contributed by atoms with van der Waals surface area (Å²) in [6, 6.07) is 8.21. The van der Waals surface area contributed by atoms with E-state index in [1.165, 1.54) is 5.17 Å². The van der Waals surface area contributed by atoms with Crippen LogP contribution in [0.4, 0.5) is 5.69 Å². The van der Waals surface area contributed by atoms with Gasteiger partial charge in [-0.15, -0.1) is 0 Å². The maximum absolute atomic E-state index is 12.1. The lowest BCUT2D eigenvalue weighted by Gasteiger charge is -2.15. The molecule has 2 saturated heterocycles. The average Bonchev–Trinajstić information content (AvgIpc) is 3.24. The summed E-state index contributed by atoms with van der Waals surface area (Å²) in [5.74, 6) is 1.10. The molecule has 0 saturated carbocycles. The van der Waals surface area contributed by atoms with E-state index in [0.717, 1.165) is 42.9 Å². The fraction of sp³-hybridized carbons (Fsp3) is 0.500. The summed E-state index contributed by atoms with van der Waals surface area (Å²) in [6.45, 7) is 2.73. The van der Waals surface area contributed by atoms with Crippen LogP contribution < -0.4 is 5.32 Å². The van der Waals surface area contributed by atoms with Crippen LogP contribution >= 0.6 is 11.8 Å². The zero-order chi connectivity index (χ0) is 14.9. The normalized spacial score (nSPS) is 26.9. The van der Waals surface area contributed by atoms with Crippen molar-refractivity contribution < 1.29 is 9.53 Å². The monoisotopic (exact) mass is 317 g/mol. The summed E-state index contributed by atoms with van der Waals surface area (Å²) in [6.07, 6.45) is 1.48. The second kappa shape index (κ2) is 5.93. The lowest BCUT2D eigenvalue weighted by atomic mass is 10.1. The predicted molar refractivity (Wildman–Crippen MR) is 88.3 cm³/mol. The number of ether oxygens (including phenoxy) is 1. The minimum atomic E-state index is -0.294. The highest BCUT2D eigenvalue weighted by atomic mass is 32.2. The number of benzene rings is 1. The molecule has 0 radical (unpaired) electrons. The van der Waals surface area contributed by atoms with Crippen molar-refractivity contribution in [3.8, 4) is 0 Å². The summed E-state index contributed by atoms with van der Waals surface area (Å²) >= 11 is 1.83. The fourth-order valence-corrected chi connectivity index (χ4v) is 4.16. The number of hydrogen-bond donors (Lipinski definition) is 1. The van der Waals surface area contributed by atoms with Crippen LogP contribution in [0.5, 0.6) is 0 Å². The highest BCUT2D eigenvalue weighted by Gasteiger charge is 2.30. The van der Waals surface area contributed by atoms with Crippen molar-refractivity contribution in [3.05, 3.63) is 29.8 Å². The van der Waals surface area contributed by atoms with E-state index in [1.807, 2.05) is 30.0 Å². The van der Waals surface area contributed by atoms with E-state index in [0.29, 0.717) is 6.61 Å². The van der Waals surface area contributed by atoms with Crippen LogP contribution in [0.25, 0.3) is 0 Å². The molecule has 1 aromatic rings. The standard InChI is InChI=1S/C16H19N3O2S/c20-15(14-5-2-7-21-14)17-12-4-1-3-11(9-12)13-10-19-6-8-22-16(19)18-13/h1,3-4,9,13-14H,2,5-8,10H2,(H,17,20). The number of aliphatic imine (C=N–C) groups is 1. The maximum Gasteiger partial charge on any atom is 0.253 e. The average molecular weight is 317 g/mol. The lowest BCUT2D eigenvalue weighted by molar-refractivity contribution is -0.124. The molecule has 0 aromatic heterocycles. The number of carbonyl (C=O) groups excluding carboxylic acids is 1. The molecule has 1 amide bonds. The van der Waals surface area contributed by atoms with Crippen molar-refractivity contribution >= 4 is 28.5 Å². The number of carbonyl (C=O) groups is 1. The molecule has 0 spiro atoms. The summed E-state index contributed by atoms with van der Waals surface area (Å²) < 4.78 is 5.42. The van der Waals surface area contributed by atoms with Gasteiger partial charge < -0.3 is 15.0 Å². The first kappa shape index (κ1) is 14.1. The third-order valence-corrected chi connectivity index (χ3v) is 5.29. The van der Waals surface area contributed by atoms with Gasteiger partial charge in [0.2, 0.25) is 0 Å². The quantitative estimate of drug-likeness (QED) is 0.929. The van der Waals surface area contributed by atoms with Crippen molar-refractivity contribution in [2.24, 2.45) is 4.99 Å². The molecule has 22 heavy (non-hydrogen) atoms. The van der Waals surface area contributed by atoms with Crippen LogP contribution in [0, 0.1) is 0 Å². The van der Waals surface area contributed by atoms with Gasteiger partial charge in [-0.1, -0.05) is 23.9 Å². The predicted octanol–water partition coefficient (Wildman–Crippen LogP) is 2.26. The zero-order valence-corrected chi connectivity index (χ0v) is 13.1. The number of amides is 1. The Labute approximate surface area is 134 Å². The zero-order valence-electron chi connectivity index (χ0n) is 12.3. The number of nitrogens with one attached hydrogen (secondary N) is 1. The van der Waals surface area contributed by atoms with Gasteiger partial charge in [-0.05, 0) is 30.5 Å². The largest absolute Gasteiger partial charge is 0.368 e. The van der Waals surface area contributed by atoms with Crippen LogP contribution in [0.2, 0.25) is 0 Å². The Balaban J connectivity index is 1.46. The van der Waals surface area contributed by atoms with Crippen LogP contribution in [0.1, 0.15) is 24.4 Å². The molecule has 2 fully saturated rings. The smallest absolute Gasteiger partial charge is 0.253 e. The molecule has 3 aliphatic rings. The number of rotatable bonds is 3. The van der Waals surface area contributed by atoms with E-state index in [4.69, 9.17) is 9.73 Å². The van der Waals surface area contributed by atoms with Crippen molar-refractivity contribution in [1.29, 1.82) is 0 Å². The summed E-state index contributed by atoms with van der Waals surface area (Å²) in [7, 11) is 0. The van der Waals surface area contributed by atoms with Crippen LogP contribution in [-0.4, -0.2) is 47.5 Å². The Morgan fingerprint density at radius 3 is 3.23 bits per heavy atom. The van der Waals surface area contributed by atoms with Crippen LogP contribution in [-0.2, 0) is 9.53 Å². The Hall–Kier alpha value is -1.53. The maximum atomic E-state index is 12.1. The molecule has 4 rings (SSSR count). The van der Waals surface area contributed by atoms with Gasteiger partial charge in [0.15, 0.2) is 5.17 Å². The highest BCUT2D eigenvalue weighted by Crippen LogP contribution is 2.33. The Morgan fingerprint density at radius 1 is 1.45 bits per heavy atom. The SMILES string of the molecule is O=C(Nc1cccc(C2CN3CCSC3=N2)c1)C1CCCO1. The van der Waals surface area contributed by atoms with Crippen molar-refractivity contribution in [3.63, 3.8) is 0 Å². The van der Waals surface area contributed by atoms with Crippen molar-refractivity contribution in [2.75, 3.05) is 30.8 Å². The fourth-order valence-electron chi connectivity index (χ4n) is 3.12. The first-order valence-electron chi connectivity index (χ1n) is 7.77. The van der Waals surface area contributed by atoms with Gasteiger partial charge in [-0.3, -0.25) is 9.79 Å². The van der Waals surface area contributed by atoms with Crippen molar-refractivity contribution in [2.45, 2.75) is 25.0 Å². The number of hydrogen-bond acceptors (Lipinski definition) is 5. The van der Waals surface area contributed by atoms with Gasteiger partial charge in [0, 0.05) is 31.1 Å². The van der Waals surface area contributed by atoms with Gasteiger partial charge in [0.1, 0.15) is 6.10 Å². The Bertz CT molecular complexity index is 613. The summed E-state index contributed by atoms with van der Waals surface area (Å²) in [5.41, 5.74) is 1.99. The van der Waals surface area contributed by atoms with Crippen LogP contribution in [0.3, 0.4) is 0 Å². The molecule has 0 bridgehead atoms. The summed E-state index contributed by atoms with van der Waals surface area (Å²) in [5, 5.41) is 4.13. The molecule has 3 heterocycles. The van der Waals surface area contributed by atoms with E-state index in [-0.39, 0.29) is 18.1 Å². The second-order valence-corrected chi connectivity index (χ2v) is 6.90. The number of fused-ring (bicyclic) bond motifs is 1. The number of anilines is 1. The molecule has 2 unspecified atom stereocenters. The van der Waals surface area contributed by atoms with Crippen LogP contribution in [0.15, 0.2) is 29.3 Å². The molecule has 2 atom stereocenters. The molecule has 6 heteroatoms. The van der Waals surface area contributed by atoms with Gasteiger partial charge in [0.05, 0.1) is 6.04 Å². The first-order valence-corrected chi connectivity index (χ1v) is 8.76. The van der Waals surface area contributed by atoms with E-state index < -0.39 is 0 Å². The van der Waals surface area contributed by atoms with E-state index in [9.17, 15) is 4.79 Å². The molecular weight excluding hydrogens is 298 g/mol. The van der Waals surface area contributed by atoms with Gasteiger partial charge in [-0.2, -0.15) is 0 Å². The molecule has 1 N–H and O–H groups in total. The molecule has 1 aromatic carbocycles. The molecule has 116 valence electrons. The number of nitrogens with zero attached hydrogens (tertiary/aromatic N) is 2. The van der Waals surface area contributed by atoms with Gasteiger partial charge in [-0.25, -0.2) is 0 Å². The topological polar surface area (TPSA) is 53.9 Å². The molecule has 5 nitrogen and oxygen atoms in total. The third-order valence-electron chi connectivity index (χ3n) is 4.28. The number of thioether (sulfide) groups is 1. The van der Waals surface area contributed by atoms with E-state index in [1.54, 1.807) is 0 Å². The van der Waals surface area contributed by atoms with E-state index in [2.05, 4.69) is 16.3 Å². The molecular formula is C16H19N3O2S. The number of amidine groups is 1. The summed E-state index contributed by atoms with van der Waals surface area (Å²) in [4.78, 5) is 19.3. The second-order valence-electron chi connectivity index (χ2n) is 5.84. The molecule has 3 aliphatic heterocycles. The first-order chi connectivity index (χ1) is 10.8. The molecule has 0 aliphatic carbocycles. The lowest BCUT2D eigenvalue weighted by Crippen LogP contribution is -2.26. The van der Waals surface area contributed by atoms with Gasteiger partial charge >= 0.3 is 0 Å². The minimum Gasteiger partial charge on any atom is -0.368 e. The van der Waals surface area contributed by atoms with Crippen molar-refractivity contribution in [1.82, 2.24) is 4.90 Å². The minimum absolute atomic E-state index is 0.0384. The third kappa shape index (κ3) is 2.73. The van der Waals surface area contributed by atoms with E-state index >= 15 is 0 Å². The van der Waals surface area contributed by atoms with Gasteiger partial charge in [0.25, 0.3) is 5.91 Å².